The van der Waals surface area contributed by atoms with E-state index in [1.165, 1.54) is 6.42 Å². The highest BCUT2D eigenvalue weighted by atomic mass is 35.5. The van der Waals surface area contributed by atoms with Crippen LogP contribution in [0.25, 0.3) is 0 Å². The number of amides is 1. The molecule has 0 unspecified atom stereocenters. The molecule has 0 aromatic heterocycles. The minimum Gasteiger partial charge on any atom is -0.490 e. The standard InChI is InChI=1S/C18H28N2O2.ClH/c1-3-18(4-2,13-19)17(21)20-12-14-8-5-6-11-16(14)22-15-9-7-10-15;/h5-6,8,11,15H,3-4,7,9-10,12-13,19H2,1-2H3,(H,20,21);1H. The number of halogens is 1. The summed E-state index contributed by atoms with van der Waals surface area (Å²) >= 11 is 0. The van der Waals surface area contributed by atoms with Crippen LogP contribution in [0.3, 0.4) is 0 Å². The van der Waals surface area contributed by atoms with Crippen LogP contribution < -0.4 is 15.8 Å². The van der Waals surface area contributed by atoms with Gasteiger partial charge in [-0.05, 0) is 38.2 Å². The van der Waals surface area contributed by atoms with E-state index in [1.54, 1.807) is 0 Å². The van der Waals surface area contributed by atoms with E-state index in [1.807, 2.05) is 38.1 Å². The SMILES string of the molecule is CCC(CC)(CN)C(=O)NCc1ccccc1OC1CCC1.Cl. The Morgan fingerprint density at radius 3 is 2.48 bits per heavy atom. The maximum Gasteiger partial charge on any atom is 0.227 e. The summed E-state index contributed by atoms with van der Waals surface area (Å²) in [4.78, 5) is 12.5. The molecule has 1 aromatic carbocycles. The van der Waals surface area contributed by atoms with Gasteiger partial charge in [0.05, 0.1) is 11.5 Å². The number of hydrogen-bond acceptors (Lipinski definition) is 3. The minimum absolute atomic E-state index is 0. The predicted octanol–water partition coefficient (Wildman–Crippen LogP) is 3.42. The van der Waals surface area contributed by atoms with E-state index >= 15 is 0 Å². The maximum atomic E-state index is 12.5. The number of carbonyl (C=O) groups is 1. The summed E-state index contributed by atoms with van der Waals surface area (Å²) in [6.45, 7) is 4.91. The summed E-state index contributed by atoms with van der Waals surface area (Å²) in [6, 6.07) is 7.94. The van der Waals surface area contributed by atoms with E-state index in [4.69, 9.17) is 10.5 Å². The van der Waals surface area contributed by atoms with Crippen molar-refractivity contribution in [2.75, 3.05) is 6.54 Å². The Labute approximate surface area is 145 Å². The molecule has 1 aromatic rings. The second-order valence-corrected chi connectivity index (χ2v) is 6.15. The predicted molar refractivity (Wildman–Crippen MR) is 95.9 cm³/mol. The number of ether oxygens (including phenoxy) is 1. The van der Waals surface area contributed by atoms with Gasteiger partial charge in [-0.1, -0.05) is 32.0 Å². The molecular weight excluding hydrogens is 312 g/mol. The number of carbonyl (C=O) groups excluding carboxylic acids is 1. The van der Waals surface area contributed by atoms with E-state index < -0.39 is 5.41 Å². The molecule has 5 heteroatoms. The minimum atomic E-state index is -0.455. The molecule has 1 saturated carbocycles. The van der Waals surface area contributed by atoms with Crippen LogP contribution in [0.2, 0.25) is 0 Å². The topological polar surface area (TPSA) is 64.4 Å². The fourth-order valence-corrected chi connectivity index (χ4v) is 2.75. The van der Waals surface area contributed by atoms with Crippen molar-refractivity contribution in [3.63, 3.8) is 0 Å². The van der Waals surface area contributed by atoms with Crippen LogP contribution in [0, 0.1) is 5.41 Å². The molecular formula is C18H29ClN2O2. The molecule has 4 nitrogen and oxygen atoms in total. The third kappa shape index (κ3) is 4.61. The fourth-order valence-electron chi connectivity index (χ4n) is 2.75. The van der Waals surface area contributed by atoms with E-state index in [-0.39, 0.29) is 18.3 Å². The quantitative estimate of drug-likeness (QED) is 0.762. The van der Waals surface area contributed by atoms with Gasteiger partial charge in [0, 0.05) is 18.7 Å². The molecule has 1 amide bonds. The summed E-state index contributed by atoms with van der Waals surface area (Å²) in [5.74, 6) is 0.928. The zero-order valence-corrected chi connectivity index (χ0v) is 15.0. The first-order chi connectivity index (χ1) is 10.6. The van der Waals surface area contributed by atoms with Gasteiger partial charge in [-0.2, -0.15) is 0 Å². The molecule has 0 heterocycles. The highest BCUT2D eigenvalue weighted by molar-refractivity contribution is 5.85. The zero-order valence-electron chi connectivity index (χ0n) is 14.1. The molecule has 2 rings (SSSR count). The van der Waals surface area contributed by atoms with E-state index in [0.29, 0.717) is 19.2 Å². The molecule has 0 atom stereocenters. The van der Waals surface area contributed by atoms with Gasteiger partial charge in [0.2, 0.25) is 5.91 Å². The molecule has 0 spiro atoms. The largest absolute Gasteiger partial charge is 0.490 e. The number of rotatable bonds is 8. The van der Waals surface area contributed by atoms with Gasteiger partial charge in [0.15, 0.2) is 0 Å². The van der Waals surface area contributed by atoms with Crippen molar-refractivity contribution < 1.29 is 9.53 Å². The van der Waals surface area contributed by atoms with Crippen LogP contribution in [-0.4, -0.2) is 18.6 Å². The lowest BCUT2D eigenvalue weighted by molar-refractivity contribution is -0.131. The van der Waals surface area contributed by atoms with Crippen molar-refractivity contribution in [1.29, 1.82) is 0 Å². The summed E-state index contributed by atoms with van der Waals surface area (Å²) < 4.78 is 6.00. The Hall–Kier alpha value is -1.26. The van der Waals surface area contributed by atoms with Gasteiger partial charge in [-0.25, -0.2) is 0 Å². The number of nitrogens with one attached hydrogen (secondary N) is 1. The lowest BCUT2D eigenvalue weighted by atomic mass is 9.81. The highest BCUT2D eigenvalue weighted by Gasteiger charge is 2.33. The summed E-state index contributed by atoms with van der Waals surface area (Å²) in [7, 11) is 0. The molecule has 130 valence electrons. The molecule has 3 N–H and O–H groups in total. The molecule has 23 heavy (non-hydrogen) atoms. The molecule has 0 saturated heterocycles. The van der Waals surface area contributed by atoms with Crippen molar-refractivity contribution >= 4 is 18.3 Å². The monoisotopic (exact) mass is 340 g/mol. The van der Waals surface area contributed by atoms with Crippen LogP contribution in [0.4, 0.5) is 0 Å². The maximum absolute atomic E-state index is 12.5. The van der Waals surface area contributed by atoms with Crippen LogP contribution in [-0.2, 0) is 11.3 Å². The lowest BCUT2D eigenvalue weighted by Crippen LogP contribution is -2.45. The van der Waals surface area contributed by atoms with E-state index in [0.717, 1.165) is 37.0 Å². The zero-order chi connectivity index (χ0) is 16.0. The molecule has 1 aliphatic carbocycles. The Morgan fingerprint density at radius 2 is 1.96 bits per heavy atom. The van der Waals surface area contributed by atoms with Crippen molar-refractivity contribution in [2.24, 2.45) is 11.1 Å². The smallest absolute Gasteiger partial charge is 0.227 e. The second kappa shape index (κ2) is 9.14. The van der Waals surface area contributed by atoms with E-state index in [9.17, 15) is 4.79 Å². The first kappa shape index (κ1) is 19.8. The highest BCUT2D eigenvalue weighted by Crippen LogP contribution is 2.28. The summed E-state index contributed by atoms with van der Waals surface area (Å²) in [6.07, 6.45) is 5.35. The summed E-state index contributed by atoms with van der Waals surface area (Å²) in [5, 5.41) is 3.04. The third-order valence-electron chi connectivity index (χ3n) is 4.98. The number of hydrogen-bond donors (Lipinski definition) is 2. The first-order valence-corrected chi connectivity index (χ1v) is 8.38. The van der Waals surface area contributed by atoms with Crippen LogP contribution >= 0.6 is 12.4 Å². The normalized spacial score (nSPS) is 14.6. The lowest BCUT2D eigenvalue weighted by Gasteiger charge is -2.29. The Morgan fingerprint density at radius 1 is 1.30 bits per heavy atom. The number of para-hydroxylation sites is 1. The number of nitrogens with two attached hydrogens (primary N) is 1. The van der Waals surface area contributed by atoms with Crippen LogP contribution in [0.5, 0.6) is 5.75 Å². The third-order valence-corrected chi connectivity index (χ3v) is 4.98. The molecule has 0 bridgehead atoms. The van der Waals surface area contributed by atoms with Gasteiger partial charge in [0.1, 0.15) is 5.75 Å². The summed E-state index contributed by atoms with van der Waals surface area (Å²) in [5.41, 5.74) is 6.41. The van der Waals surface area contributed by atoms with Crippen LogP contribution in [0.15, 0.2) is 24.3 Å². The Kier molecular flexibility index (Phi) is 7.86. The van der Waals surface area contributed by atoms with Gasteiger partial charge in [-0.3, -0.25) is 4.79 Å². The van der Waals surface area contributed by atoms with Crippen molar-refractivity contribution in [2.45, 2.75) is 58.6 Å². The Bertz CT molecular complexity index is 491. The van der Waals surface area contributed by atoms with E-state index in [2.05, 4.69) is 5.32 Å². The van der Waals surface area contributed by atoms with Crippen LogP contribution in [0.1, 0.15) is 51.5 Å². The average Bonchev–Trinajstić information content (AvgIpc) is 2.52. The molecule has 1 aliphatic rings. The molecule has 1 fully saturated rings. The molecule has 0 radical (unpaired) electrons. The van der Waals surface area contributed by atoms with Crippen molar-refractivity contribution in [3.05, 3.63) is 29.8 Å². The van der Waals surface area contributed by atoms with Gasteiger partial charge in [0.25, 0.3) is 0 Å². The van der Waals surface area contributed by atoms with Gasteiger partial charge in [-0.15, -0.1) is 12.4 Å². The first-order valence-electron chi connectivity index (χ1n) is 8.38. The second-order valence-electron chi connectivity index (χ2n) is 6.15. The number of benzene rings is 1. The molecule has 0 aliphatic heterocycles. The van der Waals surface area contributed by atoms with Crippen molar-refractivity contribution in [3.8, 4) is 5.75 Å². The fraction of sp³-hybridized carbons (Fsp3) is 0.611. The average molecular weight is 341 g/mol. The Balaban J connectivity index is 0.00000264. The van der Waals surface area contributed by atoms with Gasteiger partial charge < -0.3 is 15.8 Å². The van der Waals surface area contributed by atoms with Crippen molar-refractivity contribution in [1.82, 2.24) is 5.32 Å². The van der Waals surface area contributed by atoms with Gasteiger partial charge >= 0.3 is 0 Å².